The van der Waals surface area contributed by atoms with Gasteiger partial charge in [0, 0.05) is 26.4 Å². The van der Waals surface area contributed by atoms with Crippen molar-refractivity contribution < 1.29 is 14.3 Å². The molecule has 1 heterocycles. The Kier molecular flexibility index (Phi) is 1.78. The fourth-order valence-electron chi connectivity index (χ4n) is 2.34. The van der Waals surface area contributed by atoms with Crippen LogP contribution in [-0.2, 0) is 14.3 Å². The average Bonchev–Trinajstić information content (AvgIpc) is 2.43. The summed E-state index contributed by atoms with van der Waals surface area (Å²) < 4.78 is 5.07. The second-order valence-corrected chi connectivity index (χ2v) is 3.83. The highest BCUT2D eigenvalue weighted by molar-refractivity contribution is 5.86. The number of β-lactam (4-membered cyclic amide) rings is 1. The Morgan fingerprint density at radius 1 is 1.54 bits per heavy atom. The van der Waals surface area contributed by atoms with Crippen molar-refractivity contribution in [2.75, 3.05) is 7.05 Å². The molecule has 1 saturated carbocycles. The van der Waals surface area contributed by atoms with Crippen molar-refractivity contribution in [2.24, 2.45) is 5.92 Å². The van der Waals surface area contributed by atoms with Crippen LogP contribution < -0.4 is 0 Å². The minimum Gasteiger partial charge on any atom is -0.462 e. The van der Waals surface area contributed by atoms with Crippen LogP contribution in [0.2, 0.25) is 0 Å². The Morgan fingerprint density at radius 2 is 2.23 bits per heavy atom. The SMILES string of the molecule is CC(=O)O[C@H]1C[C@@H]2C(=O)N(C)[C@@H]2C1. The third kappa shape index (κ3) is 1.20. The van der Waals surface area contributed by atoms with Gasteiger partial charge in [-0.2, -0.15) is 0 Å². The Balaban J connectivity index is 1.94. The number of esters is 1. The Hall–Kier alpha value is -1.06. The average molecular weight is 183 g/mol. The van der Waals surface area contributed by atoms with E-state index in [9.17, 15) is 9.59 Å². The molecule has 3 atom stereocenters. The fraction of sp³-hybridized carbons (Fsp3) is 0.778. The zero-order valence-corrected chi connectivity index (χ0v) is 7.82. The predicted octanol–water partition coefficient (Wildman–Crippen LogP) is 0.169. The predicted molar refractivity (Wildman–Crippen MR) is 44.8 cm³/mol. The van der Waals surface area contributed by atoms with Crippen molar-refractivity contribution in [1.82, 2.24) is 4.90 Å². The zero-order valence-electron chi connectivity index (χ0n) is 7.82. The number of rotatable bonds is 1. The van der Waals surface area contributed by atoms with Crippen molar-refractivity contribution in [3.05, 3.63) is 0 Å². The lowest BCUT2D eigenvalue weighted by molar-refractivity contribution is -0.151. The Morgan fingerprint density at radius 3 is 2.77 bits per heavy atom. The van der Waals surface area contributed by atoms with Crippen LogP contribution in [0.25, 0.3) is 0 Å². The quantitative estimate of drug-likeness (QED) is 0.430. The molecule has 0 radical (unpaired) electrons. The molecule has 0 aromatic heterocycles. The van der Waals surface area contributed by atoms with Gasteiger partial charge in [-0.25, -0.2) is 0 Å². The Labute approximate surface area is 76.8 Å². The van der Waals surface area contributed by atoms with Gasteiger partial charge in [0.05, 0.1) is 5.92 Å². The minimum absolute atomic E-state index is 0.0404. The summed E-state index contributed by atoms with van der Waals surface area (Å²) >= 11 is 0. The highest BCUT2D eigenvalue weighted by Crippen LogP contribution is 2.40. The van der Waals surface area contributed by atoms with E-state index < -0.39 is 0 Å². The Bertz CT molecular complexity index is 264. The second-order valence-electron chi connectivity index (χ2n) is 3.83. The van der Waals surface area contributed by atoms with E-state index in [4.69, 9.17) is 4.74 Å². The van der Waals surface area contributed by atoms with Crippen molar-refractivity contribution >= 4 is 11.9 Å². The number of hydrogen-bond acceptors (Lipinski definition) is 3. The first-order valence-electron chi connectivity index (χ1n) is 4.53. The first-order valence-corrected chi connectivity index (χ1v) is 4.53. The lowest BCUT2D eigenvalue weighted by atomic mass is 9.92. The third-order valence-corrected chi connectivity index (χ3v) is 2.98. The van der Waals surface area contributed by atoms with Gasteiger partial charge in [0.25, 0.3) is 0 Å². The number of fused-ring (bicyclic) bond motifs is 1. The van der Waals surface area contributed by atoms with Crippen LogP contribution >= 0.6 is 0 Å². The third-order valence-electron chi connectivity index (χ3n) is 2.98. The van der Waals surface area contributed by atoms with E-state index in [0.29, 0.717) is 12.5 Å². The number of amides is 1. The monoisotopic (exact) mass is 183 g/mol. The van der Waals surface area contributed by atoms with Gasteiger partial charge >= 0.3 is 5.97 Å². The van der Waals surface area contributed by atoms with Crippen molar-refractivity contribution in [3.63, 3.8) is 0 Å². The molecule has 4 nitrogen and oxygen atoms in total. The molecule has 1 aliphatic heterocycles. The number of likely N-dealkylation sites (tertiary alicyclic amines) is 1. The number of carbonyl (C=O) groups excluding carboxylic acids is 2. The lowest BCUT2D eigenvalue weighted by Crippen LogP contribution is -2.55. The fourth-order valence-corrected chi connectivity index (χ4v) is 2.34. The summed E-state index contributed by atoms with van der Waals surface area (Å²) in [5.41, 5.74) is 0. The van der Waals surface area contributed by atoms with E-state index >= 15 is 0 Å². The molecule has 1 saturated heterocycles. The van der Waals surface area contributed by atoms with Crippen LogP contribution in [0.15, 0.2) is 0 Å². The molecule has 0 aromatic carbocycles. The van der Waals surface area contributed by atoms with Crippen LogP contribution in [0.1, 0.15) is 19.8 Å². The number of hydrogen-bond donors (Lipinski definition) is 0. The molecular weight excluding hydrogens is 170 g/mol. The van der Waals surface area contributed by atoms with Crippen molar-refractivity contribution in [2.45, 2.75) is 31.9 Å². The normalized spacial score (nSPS) is 36.9. The van der Waals surface area contributed by atoms with Crippen LogP contribution in [0.5, 0.6) is 0 Å². The number of nitrogens with zero attached hydrogens (tertiary/aromatic N) is 1. The van der Waals surface area contributed by atoms with Crippen LogP contribution in [-0.4, -0.2) is 36.0 Å². The maximum atomic E-state index is 11.3. The van der Waals surface area contributed by atoms with Crippen molar-refractivity contribution in [3.8, 4) is 0 Å². The van der Waals surface area contributed by atoms with Crippen LogP contribution in [0, 0.1) is 5.92 Å². The molecule has 2 fully saturated rings. The summed E-state index contributed by atoms with van der Waals surface area (Å²) in [7, 11) is 1.81. The van der Waals surface area contributed by atoms with E-state index in [1.54, 1.807) is 11.9 Å². The minimum atomic E-state index is -0.249. The first-order chi connectivity index (χ1) is 6.09. The van der Waals surface area contributed by atoms with E-state index in [2.05, 4.69) is 0 Å². The summed E-state index contributed by atoms with van der Waals surface area (Å²) in [5.74, 6) is 0.0652. The first kappa shape index (κ1) is 8.53. The standard InChI is InChI=1S/C9H13NO3/c1-5(11)13-6-3-7-8(4-6)10(2)9(7)12/h6-8H,3-4H2,1-2H3/t6-,7-,8+/m0/s1. The summed E-state index contributed by atoms with van der Waals surface area (Å²) in [4.78, 5) is 23.7. The number of carbonyl (C=O) groups is 2. The summed E-state index contributed by atoms with van der Waals surface area (Å²) in [6.07, 6.45) is 1.49. The summed E-state index contributed by atoms with van der Waals surface area (Å²) in [6, 6.07) is 0.317. The molecule has 1 aliphatic carbocycles. The molecule has 13 heavy (non-hydrogen) atoms. The van der Waals surface area contributed by atoms with Gasteiger partial charge in [-0.05, 0) is 6.42 Å². The zero-order chi connectivity index (χ0) is 9.59. The van der Waals surface area contributed by atoms with Crippen LogP contribution in [0.4, 0.5) is 0 Å². The number of ether oxygens (including phenoxy) is 1. The molecule has 1 amide bonds. The van der Waals surface area contributed by atoms with E-state index in [1.165, 1.54) is 6.92 Å². The second kappa shape index (κ2) is 2.72. The molecule has 0 N–H and O–H groups in total. The van der Waals surface area contributed by atoms with E-state index in [1.807, 2.05) is 0 Å². The van der Waals surface area contributed by atoms with Gasteiger partial charge in [-0.15, -0.1) is 0 Å². The maximum Gasteiger partial charge on any atom is 0.302 e. The molecule has 4 heteroatoms. The molecule has 2 aliphatic rings. The van der Waals surface area contributed by atoms with Crippen LogP contribution in [0.3, 0.4) is 0 Å². The summed E-state index contributed by atoms with van der Waals surface area (Å²) in [5, 5.41) is 0. The molecule has 0 spiro atoms. The highest BCUT2D eigenvalue weighted by atomic mass is 16.5. The highest BCUT2D eigenvalue weighted by Gasteiger charge is 2.52. The van der Waals surface area contributed by atoms with Gasteiger partial charge in [-0.3, -0.25) is 9.59 Å². The smallest absolute Gasteiger partial charge is 0.302 e. The molecular formula is C9H13NO3. The van der Waals surface area contributed by atoms with Gasteiger partial charge in [-0.1, -0.05) is 0 Å². The topological polar surface area (TPSA) is 46.6 Å². The molecule has 72 valence electrons. The molecule has 0 unspecified atom stereocenters. The van der Waals surface area contributed by atoms with E-state index in [0.717, 1.165) is 6.42 Å². The molecule has 2 rings (SSSR count). The summed E-state index contributed by atoms with van der Waals surface area (Å²) in [6.45, 7) is 1.41. The van der Waals surface area contributed by atoms with E-state index in [-0.39, 0.29) is 23.9 Å². The van der Waals surface area contributed by atoms with Gasteiger partial charge in [0.15, 0.2) is 0 Å². The van der Waals surface area contributed by atoms with Gasteiger partial charge in [0.1, 0.15) is 6.10 Å². The van der Waals surface area contributed by atoms with Gasteiger partial charge < -0.3 is 9.64 Å². The van der Waals surface area contributed by atoms with Crippen molar-refractivity contribution in [1.29, 1.82) is 0 Å². The largest absolute Gasteiger partial charge is 0.462 e. The molecule has 0 aromatic rings. The maximum absolute atomic E-state index is 11.3. The van der Waals surface area contributed by atoms with Gasteiger partial charge in [0.2, 0.25) is 5.91 Å². The molecule has 0 bridgehead atoms. The lowest BCUT2D eigenvalue weighted by Gasteiger charge is -2.40.